The summed E-state index contributed by atoms with van der Waals surface area (Å²) in [5.74, 6) is -0.0708. The van der Waals surface area contributed by atoms with Gasteiger partial charge in [-0.05, 0) is 19.1 Å². The third-order valence-electron chi connectivity index (χ3n) is 3.06. The summed E-state index contributed by atoms with van der Waals surface area (Å²) in [6.07, 6.45) is 0. The molecule has 0 radical (unpaired) electrons. The van der Waals surface area contributed by atoms with Crippen molar-refractivity contribution in [1.82, 2.24) is 9.55 Å². The van der Waals surface area contributed by atoms with Gasteiger partial charge in [0.05, 0.1) is 4.90 Å². The Balaban J connectivity index is 2.53. The van der Waals surface area contributed by atoms with Crippen LogP contribution in [0, 0.1) is 0 Å². The SMILES string of the molecule is CCn1c(=O)cc(N(C)S(=O)(=O)c2ccccc2)[nH]c1=O. The van der Waals surface area contributed by atoms with Crippen LogP contribution in [0.1, 0.15) is 6.92 Å². The number of aromatic nitrogens is 2. The van der Waals surface area contributed by atoms with Crippen LogP contribution in [0.15, 0.2) is 50.9 Å². The van der Waals surface area contributed by atoms with E-state index in [4.69, 9.17) is 0 Å². The number of hydrogen-bond donors (Lipinski definition) is 1. The molecule has 0 unspecified atom stereocenters. The topological polar surface area (TPSA) is 92.2 Å². The number of nitrogens with zero attached hydrogens (tertiary/aromatic N) is 2. The zero-order valence-corrected chi connectivity index (χ0v) is 12.4. The molecule has 1 aromatic carbocycles. The second-order valence-electron chi connectivity index (χ2n) is 4.33. The highest BCUT2D eigenvalue weighted by Gasteiger charge is 2.22. The predicted molar refractivity (Wildman–Crippen MR) is 79.0 cm³/mol. The molecular weight excluding hydrogens is 294 g/mol. The highest BCUT2D eigenvalue weighted by atomic mass is 32.2. The Kier molecular flexibility index (Phi) is 3.99. The monoisotopic (exact) mass is 309 g/mol. The molecule has 112 valence electrons. The molecule has 21 heavy (non-hydrogen) atoms. The molecule has 1 heterocycles. The summed E-state index contributed by atoms with van der Waals surface area (Å²) >= 11 is 0. The number of anilines is 1. The minimum Gasteiger partial charge on any atom is -0.293 e. The predicted octanol–water partition coefficient (Wildman–Crippen LogP) is 0.382. The fourth-order valence-corrected chi connectivity index (χ4v) is 3.03. The lowest BCUT2D eigenvalue weighted by Gasteiger charge is -2.19. The minimum absolute atomic E-state index is 0.0708. The van der Waals surface area contributed by atoms with Gasteiger partial charge in [0.25, 0.3) is 15.6 Å². The molecule has 2 rings (SSSR count). The molecule has 8 heteroatoms. The van der Waals surface area contributed by atoms with Gasteiger partial charge in [0, 0.05) is 19.7 Å². The zero-order chi connectivity index (χ0) is 15.6. The van der Waals surface area contributed by atoms with Crippen molar-refractivity contribution < 1.29 is 8.42 Å². The largest absolute Gasteiger partial charge is 0.329 e. The van der Waals surface area contributed by atoms with Crippen LogP contribution >= 0.6 is 0 Å². The van der Waals surface area contributed by atoms with Crippen LogP contribution in [-0.2, 0) is 16.6 Å². The molecule has 0 fully saturated rings. The third kappa shape index (κ3) is 2.75. The summed E-state index contributed by atoms with van der Waals surface area (Å²) in [5.41, 5.74) is -1.19. The Bertz CT molecular complexity index is 822. The van der Waals surface area contributed by atoms with Crippen molar-refractivity contribution in [2.45, 2.75) is 18.4 Å². The molecule has 0 spiro atoms. The molecule has 1 N–H and O–H groups in total. The number of sulfonamides is 1. The Morgan fingerprint density at radius 2 is 1.81 bits per heavy atom. The molecule has 7 nitrogen and oxygen atoms in total. The van der Waals surface area contributed by atoms with Gasteiger partial charge in [-0.3, -0.25) is 18.7 Å². The summed E-state index contributed by atoms with van der Waals surface area (Å²) in [6, 6.07) is 8.86. The fourth-order valence-electron chi connectivity index (χ4n) is 1.86. The van der Waals surface area contributed by atoms with Crippen LogP contribution in [0.4, 0.5) is 5.82 Å². The summed E-state index contributed by atoms with van der Waals surface area (Å²) in [5, 5.41) is 0. The van der Waals surface area contributed by atoms with Gasteiger partial charge in [0.1, 0.15) is 5.82 Å². The van der Waals surface area contributed by atoms with Crippen LogP contribution < -0.4 is 15.6 Å². The average molecular weight is 309 g/mol. The van der Waals surface area contributed by atoms with Crippen molar-refractivity contribution in [3.05, 3.63) is 57.2 Å². The lowest BCUT2D eigenvalue weighted by molar-refractivity contribution is 0.593. The van der Waals surface area contributed by atoms with Gasteiger partial charge in [-0.1, -0.05) is 18.2 Å². The van der Waals surface area contributed by atoms with E-state index in [1.807, 2.05) is 0 Å². The van der Waals surface area contributed by atoms with Gasteiger partial charge in [0.2, 0.25) is 0 Å². The van der Waals surface area contributed by atoms with Crippen LogP contribution in [0.2, 0.25) is 0 Å². The summed E-state index contributed by atoms with van der Waals surface area (Å²) in [6.45, 7) is 1.87. The van der Waals surface area contributed by atoms with Crippen molar-refractivity contribution >= 4 is 15.8 Å². The quantitative estimate of drug-likeness (QED) is 0.884. The number of hydrogen-bond acceptors (Lipinski definition) is 4. The first-order chi connectivity index (χ1) is 9.87. The van der Waals surface area contributed by atoms with Crippen molar-refractivity contribution in [2.75, 3.05) is 11.4 Å². The number of aromatic amines is 1. The van der Waals surface area contributed by atoms with E-state index in [0.717, 1.165) is 14.9 Å². The van der Waals surface area contributed by atoms with E-state index >= 15 is 0 Å². The van der Waals surface area contributed by atoms with Gasteiger partial charge in [-0.25, -0.2) is 13.2 Å². The van der Waals surface area contributed by atoms with Gasteiger partial charge >= 0.3 is 5.69 Å². The highest BCUT2D eigenvalue weighted by molar-refractivity contribution is 7.92. The standard InChI is InChI=1S/C13H15N3O4S/c1-3-16-12(17)9-11(14-13(16)18)15(2)21(19,20)10-7-5-4-6-8-10/h4-9H,3H2,1-2H3,(H,14,18). The highest BCUT2D eigenvalue weighted by Crippen LogP contribution is 2.17. The molecule has 0 bridgehead atoms. The lowest BCUT2D eigenvalue weighted by Crippen LogP contribution is -2.37. The number of rotatable bonds is 4. The van der Waals surface area contributed by atoms with E-state index in [1.54, 1.807) is 25.1 Å². The smallest absolute Gasteiger partial charge is 0.293 e. The normalized spacial score (nSPS) is 11.3. The van der Waals surface area contributed by atoms with E-state index in [2.05, 4.69) is 4.98 Å². The second kappa shape index (κ2) is 5.57. The second-order valence-corrected chi connectivity index (χ2v) is 6.30. The molecule has 0 aliphatic carbocycles. The molecule has 0 saturated carbocycles. The van der Waals surface area contributed by atoms with Crippen molar-refractivity contribution in [1.29, 1.82) is 0 Å². The van der Waals surface area contributed by atoms with Gasteiger partial charge < -0.3 is 0 Å². The molecule has 0 saturated heterocycles. The maximum Gasteiger partial charge on any atom is 0.329 e. The average Bonchev–Trinajstić information content (AvgIpc) is 2.47. The molecule has 2 aromatic rings. The third-order valence-corrected chi connectivity index (χ3v) is 4.85. The molecule has 0 aliphatic heterocycles. The van der Waals surface area contributed by atoms with Crippen LogP contribution in [0.25, 0.3) is 0 Å². The molecule has 0 amide bonds. The number of H-pyrrole nitrogens is 1. The van der Waals surface area contributed by atoms with E-state index in [0.29, 0.717) is 0 Å². The van der Waals surface area contributed by atoms with E-state index in [9.17, 15) is 18.0 Å². The summed E-state index contributed by atoms with van der Waals surface area (Å²) < 4.78 is 26.7. The minimum atomic E-state index is -3.83. The van der Waals surface area contributed by atoms with Gasteiger partial charge in [-0.15, -0.1) is 0 Å². The molecule has 0 aliphatic rings. The van der Waals surface area contributed by atoms with Crippen LogP contribution in [0.5, 0.6) is 0 Å². The van der Waals surface area contributed by atoms with Crippen molar-refractivity contribution in [2.24, 2.45) is 0 Å². The maximum absolute atomic E-state index is 12.4. The van der Waals surface area contributed by atoms with Gasteiger partial charge in [0.15, 0.2) is 0 Å². The molecule has 0 atom stereocenters. The lowest BCUT2D eigenvalue weighted by atomic mass is 10.4. The zero-order valence-electron chi connectivity index (χ0n) is 11.6. The Morgan fingerprint density at radius 3 is 2.33 bits per heavy atom. The maximum atomic E-state index is 12.4. The first-order valence-electron chi connectivity index (χ1n) is 6.26. The Labute approximate surface area is 121 Å². The van der Waals surface area contributed by atoms with Crippen LogP contribution in [0.3, 0.4) is 0 Å². The van der Waals surface area contributed by atoms with E-state index in [1.165, 1.54) is 19.2 Å². The van der Waals surface area contributed by atoms with Crippen LogP contribution in [-0.4, -0.2) is 25.0 Å². The molecule has 1 aromatic heterocycles. The van der Waals surface area contributed by atoms with E-state index < -0.39 is 21.3 Å². The van der Waals surface area contributed by atoms with Crippen molar-refractivity contribution in [3.63, 3.8) is 0 Å². The van der Waals surface area contributed by atoms with Gasteiger partial charge in [-0.2, -0.15) is 0 Å². The first-order valence-corrected chi connectivity index (χ1v) is 7.70. The number of nitrogens with one attached hydrogen (secondary N) is 1. The summed E-state index contributed by atoms with van der Waals surface area (Å²) in [7, 11) is -2.55. The Morgan fingerprint density at radius 1 is 1.19 bits per heavy atom. The summed E-state index contributed by atoms with van der Waals surface area (Å²) in [4.78, 5) is 26.0. The molecular formula is C13H15N3O4S. The number of benzene rings is 1. The fraction of sp³-hybridized carbons (Fsp3) is 0.231. The van der Waals surface area contributed by atoms with E-state index in [-0.39, 0.29) is 17.3 Å². The Hall–Kier alpha value is -2.35. The first kappa shape index (κ1) is 15.0. The van der Waals surface area contributed by atoms with Crippen molar-refractivity contribution in [3.8, 4) is 0 Å².